The fourth-order valence-electron chi connectivity index (χ4n) is 8.63. The number of ether oxygens (including phenoxy) is 2. The monoisotopic (exact) mass is 675 g/mol. The number of alkyl halides is 1. The maximum Gasteiger partial charge on any atom is 0.319 e. The number of nitrogens with one attached hydrogen (secondary N) is 1. The Hall–Kier alpha value is -3.70. The number of aromatic nitrogens is 2. The molecule has 9 rings (SSSR count). The summed E-state index contributed by atoms with van der Waals surface area (Å²) in [5, 5.41) is 14.6. The number of halogens is 3. The summed E-state index contributed by atoms with van der Waals surface area (Å²) >= 11 is 0.972. The number of thiophene rings is 1. The molecule has 0 radical (unpaired) electrons. The van der Waals surface area contributed by atoms with E-state index < -0.39 is 23.3 Å². The van der Waals surface area contributed by atoms with Gasteiger partial charge in [-0.15, -0.1) is 11.3 Å². The van der Waals surface area contributed by atoms with E-state index in [1.807, 2.05) is 0 Å². The van der Waals surface area contributed by atoms with Crippen LogP contribution in [0.15, 0.2) is 24.3 Å². The average molecular weight is 676 g/mol. The van der Waals surface area contributed by atoms with E-state index in [2.05, 4.69) is 26.2 Å². The maximum atomic E-state index is 17.0. The van der Waals surface area contributed by atoms with Crippen LogP contribution in [-0.2, 0) is 4.74 Å². The van der Waals surface area contributed by atoms with E-state index in [-0.39, 0.29) is 55.9 Å². The molecule has 2 bridgehead atoms. The van der Waals surface area contributed by atoms with Crippen LogP contribution in [0.5, 0.6) is 6.01 Å². The normalized spacial score (nSPS) is 28.4. The molecular weight excluding hydrogens is 639 g/mol. The first kappa shape index (κ1) is 30.4. The van der Waals surface area contributed by atoms with Crippen molar-refractivity contribution in [2.75, 3.05) is 50.0 Å². The van der Waals surface area contributed by atoms with Crippen molar-refractivity contribution < 1.29 is 22.6 Å². The van der Waals surface area contributed by atoms with Crippen molar-refractivity contribution >= 4 is 43.1 Å². The summed E-state index contributed by atoms with van der Waals surface area (Å²) in [4.78, 5) is 13.9. The van der Waals surface area contributed by atoms with E-state index in [9.17, 15) is 14.0 Å². The molecule has 9 nitrogen and oxygen atoms in total. The minimum Gasteiger partial charge on any atom is -0.461 e. The molecule has 4 saturated heterocycles. The van der Waals surface area contributed by atoms with Crippen LogP contribution in [0, 0.1) is 23.0 Å². The minimum atomic E-state index is -0.913. The third-order valence-electron chi connectivity index (χ3n) is 11.1. The second-order valence-corrected chi connectivity index (χ2v) is 15.4. The molecule has 4 aliphatic heterocycles. The van der Waals surface area contributed by atoms with Gasteiger partial charge in [0.1, 0.15) is 41.0 Å². The third-order valence-corrected chi connectivity index (χ3v) is 12.1. The fourth-order valence-corrected chi connectivity index (χ4v) is 9.58. The smallest absolute Gasteiger partial charge is 0.319 e. The van der Waals surface area contributed by atoms with E-state index in [0.717, 1.165) is 56.4 Å². The van der Waals surface area contributed by atoms with Gasteiger partial charge in [-0.05, 0) is 62.8 Å². The number of rotatable bonds is 8. The quantitative estimate of drug-likeness (QED) is 0.243. The Labute approximate surface area is 279 Å². The van der Waals surface area contributed by atoms with Crippen LogP contribution >= 0.6 is 11.3 Å². The Kier molecular flexibility index (Phi) is 7.06. The number of hydrogen-bond acceptors (Lipinski definition) is 10. The molecular formula is C35H36F3N7O2S. The first-order valence-corrected chi connectivity index (χ1v) is 17.6. The maximum absolute atomic E-state index is 17.0. The largest absolute Gasteiger partial charge is 0.461 e. The van der Waals surface area contributed by atoms with Crippen molar-refractivity contribution in [3.8, 4) is 23.2 Å². The molecule has 250 valence electrons. The highest BCUT2D eigenvalue weighted by Gasteiger charge is 2.50. The lowest BCUT2D eigenvalue weighted by atomic mass is 9.95. The van der Waals surface area contributed by atoms with Gasteiger partial charge in [0.25, 0.3) is 0 Å². The molecule has 0 spiro atoms. The number of anilines is 2. The topological polar surface area (TPSA) is 113 Å². The Morgan fingerprint density at radius 2 is 1.94 bits per heavy atom. The van der Waals surface area contributed by atoms with Gasteiger partial charge in [0.15, 0.2) is 5.82 Å². The number of nitriles is 1. The Balaban J connectivity index is 1.15. The molecule has 2 aromatic carbocycles. The molecule has 3 N–H and O–H groups in total. The number of nitrogens with two attached hydrogens (primary N) is 1. The van der Waals surface area contributed by atoms with Gasteiger partial charge in [-0.3, -0.25) is 4.90 Å². The fraction of sp³-hybridized carbons (Fsp3) is 0.514. The number of benzene rings is 2. The van der Waals surface area contributed by atoms with Crippen LogP contribution in [0.4, 0.5) is 24.0 Å². The van der Waals surface area contributed by atoms with Crippen LogP contribution in [0.2, 0.25) is 0 Å². The highest BCUT2D eigenvalue weighted by Crippen LogP contribution is 2.45. The van der Waals surface area contributed by atoms with Crippen molar-refractivity contribution in [3.05, 3.63) is 41.5 Å². The van der Waals surface area contributed by atoms with E-state index in [0.29, 0.717) is 55.5 Å². The van der Waals surface area contributed by atoms with E-state index in [1.165, 1.54) is 12.1 Å². The lowest BCUT2D eigenvalue weighted by Gasteiger charge is -2.42. The summed E-state index contributed by atoms with van der Waals surface area (Å²) < 4.78 is 59.1. The molecule has 0 amide bonds. The van der Waals surface area contributed by atoms with Crippen LogP contribution in [0.1, 0.15) is 50.5 Å². The van der Waals surface area contributed by atoms with Crippen molar-refractivity contribution in [2.24, 2.45) is 0 Å². The second kappa shape index (κ2) is 11.2. The number of piperazine rings is 1. The molecule has 1 aliphatic carbocycles. The van der Waals surface area contributed by atoms with Crippen molar-refractivity contribution in [1.82, 2.24) is 20.2 Å². The van der Waals surface area contributed by atoms with Gasteiger partial charge in [-0.2, -0.15) is 15.2 Å². The first-order chi connectivity index (χ1) is 23.2. The predicted molar refractivity (Wildman–Crippen MR) is 178 cm³/mol. The molecule has 13 heteroatoms. The Bertz CT molecular complexity index is 2000. The molecule has 5 fully saturated rings. The zero-order chi connectivity index (χ0) is 32.8. The molecule has 5 aliphatic rings. The molecule has 2 aromatic heterocycles. The Morgan fingerprint density at radius 1 is 1.08 bits per heavy atom. The summed E-state index contributed by atoms with van der Waals surface area (Å²) in [6, 6.07) is 8.52. The highest BCUT2D eigenvalue weighted by molar-refractivity contribution is 7.23. The van der Waals surface area contributed by atoms with Crippen molar-refractivity contribution in [3.63, 3.8) is 0 Å². The zero-order valence-corrected chi connectivity index (χ0v) is 27.2. The second-order valence-electron chi connectivity index (χ2n) is 14.3. The van der Waals surface area contributed by atoms with Gasteiger partial charge in [-0.1, -0.05) is 12.1 Å². The SMILES string of the molecule is N#Cc1c(N)sc2c(F)ccc(-c3ccc4c(N5C[C@@H]6CC[C@](COC7CC7)(C5)N6)nc(OC[C@@]56CCCN5C[C@H](F)C6)nc4c3F)c12. The van der Waals surface area contributed by atoms with Gasteiger partial charge in [0.05, 0.1) is 34.1 Å². The van der Waals surface area contributed by atoms with Crippen LogP contribution in [0.3, 0.4) is 0 Å². The number of hydrogen-bond donors (Lipinski definition) is 2. The minimum absolute atomic E-state index is 0.0352. The van der Waals surface area contributed by atoms with Gasteiger partial charge < -0.3 is 25.4 Å². The zero-order valence-electron chi connectivity index (χ0n) is 26.4. The van der Waals surface area contributed by atoms with Gasteiger partial charge in [0, 0.05) is 48.4 Å². The number of fused-ring (bicyclic) bond motifs is 5. The van der Waals surface area contributed by atoms with Gasteiger partial charge in [-0.25, -0.2) is 13.2 Å². The molecule has 48 heavy (non-hydrogen) atoms. The average Bonchev–Trinajstić information content (AvgIpc) is 3.49. The Morgan fingerprint density at radius 3 is 2.77 bits per heavy atom. The van der Waals surface area contributed by atoms with E-state index in [4.69, 9.17) is 20.2 Å². The summed E-state index contributed by atoms with van der Waals surface area (Å²) in [6.07, 6.45) is 5.76. The summed E-state index contributed by atoms with van der Waals surface area (Å²) in [5.74, 6) is -0.580. The number of nitrogens with zero attached hydrogens (tertiary/aromatic N) is 5. The predicted octanol–water partition coefficient (Wildman–Crippen LogP) is 5.69. The van der Waals surface area contributed by atoms with Crippen molar-refractivity contribution in [2.45, 2.75) is 74.3 Å². The molecule has 4 aromatic rings. The van der Waals surface area contributed by atoms with Crippen LogP contribution < -0.4 is 20.7 Å². The standard InChI is InChI=1S/C35H36F3N7O2S/c36-19-12-35(9-1-11-45(35)14-19)18-47-33-41-29-24(32(42-33)44-15-20-8-10-34(16-44,43-20)17-46-21-2-3-21)5-4-23(28(29)38)22-6-7-26(37)30-27(22)25(13-39)31(40)48-30/h4-7,19-21,43H,1-3,8-12,14-18,40H2/t19-,20+,34-,35+/m1/s1. The molecule has 1 saturated carbocycles. The molecule has 4 atom stereocenters. The van der Waals surface area contributed by atoms with Crippen LogP contribution in [-0.4, -0.2) is 83.7 Å². The summed E-state index contributed by atoms with van der Waals surface area (Å²) in [5.41, 5.74) is 6.14. The number of nitrogen functional groups attached to an aromatic ring is 1. The lowest BCUT2D eigenvalue weighted by Crippen LogP contribution is -2.62. The van der Waals surface area contributed by atoms with E-state index in [1.54, 1.807) is 12.1 Å². The highest BCUT2D eigenvalue weighted by atomic mass is 32.1. The molecule has 6 heterocycles. The van der Waals surface area contributed by atoms with Crippen LogP contribution in [0.25, 0.3) is 32.1 Å². The lowest BCUT2D eigenvalue weighted by molar-refractivity contribution is 0.0606. The van der Waals surface area contributed by atoms with Gasteiger partial charge >= 0.3 is 6.01 Å². The van der Waals surface area contributed by atoms with E-state index >= 15 is 4.39 Å². The third kappa shape index (κ3) is 4.90. The van der Waals surface area contributed by atoms with Crippen molar-refractivity contribution in [1.29, 1.82) is 5.26 Å². The van der Waals surface area contributed by atoms with Gasteiger partial charge in [0.2, 0.25) is 0 Å². The molecule has 0 unspecified atom stereocenters. The summed E-state index contributed by atoms with van der Waals surface area (Å²) in [7, 11) is 0. The summed E-state index contributed by atoms with van der Waals surface area (Å²) in [6.45, 7) is 3.33. The first-order valence-electron chi connectivity index (χ1n) is 16.8.